The lowest BCUT2D eigenvalue weighted by molar-refractivity contribution is -0.123. The van der Waals surface area contributed by atoms with Crippen LogP contribution in [0.25, 0.3) is 0 Å². The van der Waals surface area contributed by atoms with E-state index < -0.39 is 17.6 Å². The van der Waals surface area contributed by atoms with Gasteiger partial charge in [0.1, 0.15) is 6.26 Å². The van der Waals surface area contributed by atoms with Gasteiger partial charge < -0.3 is 9.73 Å². The van der Waals surface area contributed by atoms with Crippen molar-refractivity contribution in [3.05, 3.63) is 60.1 Å². The van der Waals surface area contributed by atoms with Gasteiger partial charge in [0.25, 0.3) is 0 Å². The number of Topliss-reactive ketones (excluding diaryl/α,β-unsaturated/α-hetero) is 1. The molecule has 0 saturated heterocycles. The fourth-order valence-electron chi connectivity index (χ4n) is 2.17. The van der Waals surface area contributed by atoms with Gasteiger partial charge in [-0.15, -0.1) is 0 Å². The molecule has 1 amide bonds. The molecular weight excluding hydrogens is 280 g/mol. The van der Waals surface area contributed by atoms with E-state index in [2.05, 4.69) is 5.32 Å². The number of benzene rings is 1. The molecule has 0 fully saturated rings. The first-order valence-electron chi connectivity index (χ1n) is 6.98. The molecule has 0 saturated carbocycles. The van der Waals surface area contributed by atoms with Crippen LogP contribution in [0.3, 0.4) is 0 Å². The van der Waals surface area contributed by atoms with Gasteiger partial charge in [0.15, 0.2) is 11.7 Å². The van der Waals surface area contributed by atoms with Crippen molar-refractivity contribution in [3.63, 3.8) is 0 Å². The van der Waals surface area contributed by atoms with E-state index in [-0.39, 0.29) is 11.6 Å². The first kappa shape index (κ1) is 15.5. The van der Waals surface area contributed by atoms with E-state index in [1.165, 1.54) is 18.6 Å². The normalized spacial score (nSPS) is 12.9. The van der Waals surface area contributed by atoms with E-state index >= 15 is 0 Å². The summed E-state index contributed by atoms with van der Waals surface area (Å²) in [5, 5.41) is 11.9. The third-order valence-electron chi connectivity index (χ3n) is 3.39. The van der Waals surface area contributed by atoms with Gasteiger partial charge in [-0.3, -0.25) is 9.59 Å². The van der Waals surface area contributed by atoms with Crippen molar-refractivity contribution in [2.75, 3.05) is 0 Å². The molecule has 0 unspecified atom stereocenters. The average molecular weight is 296 g/mol. The van der Waals surface area contributed by atoms with Crippen molar-refractivity contribution in [3.8, 4) is 6.07 Å². The zero-order chi connectivity index (χ0) is 15.9. The molecule has 1 heterocycles. The molecule has 0 aliphatic carbocycles. The lowest BCUT2D eigenvalue weighted by atomic mass is 9.98. The van der Waals surface area contributed by atoms with Gasteiger partial charge in [-0.2, -0.15) is 5.26 Å². The summed E-state index contributed by atoms with van der Waals surface area (Å²) in [5.74, 6) is -2.53. The minimum absolute atomic E-state index is 0.217. The summed E-state index contributed by atoms with van der Waals surface area (Å²) in [4.78, 5) is 24.4. The van der Waals surface area contributed by atoms with Crippen molar-refractivity contribution in [1.82, 2.24) is 5.32 Å². The van der Waals surface area contributed by atoms with Crippen LogP contribution in [0.15, 0.2) is 53.3 Å². The van der Waals surface area contributed by atoms with Crippen LogP contribution in [-0.4, -0.2) is 11.7 Å². The fourth-order valence-corrected chi connectivity index (χ4v) is 2.17. The summed E-state index contributed by atoms with van der Waals surface area (Å²) in [6.45, 7) is 1.93. The molecule has 112 valence electrons. The number of nitriles is 1. The van der Waals surface area contributed by atoms with Gasteiger partial charge in [-0.1, -0.05) is 37.3 Å². The summed E-state index contributed by atoms with van der Waals surface area (Å²) in [6, 6.07) is 12.4. The fraction of sp³-hybridized carbons (Fsp3) is 0.235. The zero-order valence-electron chi connectivity index (χ0n) is 12.2. The van der Waals surface area contributed by atoms with Gasteiger partial charge in [-0.05, 0) is 18.1 Å². The minimum atomic E-state index is -1.38. The maximum absolute atomic E-state index is 12.3. The van der Waals surface area contributed by atoms with Crippen molar-refractivity contribution >= 4 is 11.7 Å². The van der Waals surface area contributed by atoms with Gasteiger partial charge in [0.2, 0.25) is 5.91 Å². The van der Waals surface area contributed by atoms with E-state index in [1.54, 1.807) is 6.07 Å². The van der Waals surface area contributed by atoms with E-state index in [0.717, 1.165) is 5.56 Å². The Kier molecular flexibility index (Phi) is 5.10. The van der Waals surface area contributed by atoms with E-state index in [1.807, 2.05) is 37.3 Å². The topological polar surface area (TPSA) is 83.1 Å². The maximum Gasteiger partial charge on any atom is 0.245 e. The molecule has 5 nitrogen and oxygen atoms in total. The van der Waals surface area contributed by atoms with Gasteiger partial charge in [-0.25, -0.2) is 0 Å². The van der Waals surface area contributed by atoms with Crippen LogP contribution >= 0.6 is 0 Å². The maximum atomic E-state index is 12.3. The van der Waals surface area contributed by atoms with Crippen molar-refractivity contribution in [2.24, 2.45) is 5.92 Å². The van der Waals surface area contributed by atoms with Gasteiger partial charge in [0, 0.05) is 0 Å². The standard InChI is InChI=1S/C17H16N2O3/c1-2-15(12-6-4-3-5-7-12)19-17(21)14(10-18)16(20)13-8-9-22-11-13/h3-9,11,14-15H,2H2,1H3,(H,19,21)/t14-,15-/m1/s1. The van der Waals surface area contributed by atoms with Crippen LogP contribution in [0.1, 0.15) is 35.3 Å². The van der Waals surface area contributed by atoms with Crippen molar-refractivity contribution < 1.29 is 14.0 Å². The Balaban J connectivity index is 2.12. The second kappa shape index (κ2) is 7.23. The third-order valence-corrected chi connectivity index (χ3v) is 3.39. The second-order valence-corrected chi connectivity index (χ2v) is 4.82. The Hall–Kier alpha value is -2.87. The lowest BCUT2D eigenvalue weighted by Crippen LogP contribution is -2.36. The van der Waals surface area contributed by atoms with E-state index in [9.17, 15) is 9.59 Å². The second-order valence-electron chi connectivity index (χ2n) is 4.82. The largest absolute Gasteiger partial charge is 0.472 e. The zero-order valence-corrected chi connectivity index (χ0v) is 12.2. The highest BCUT2D eigenvalue weighted by Crippen LogP contribution is 2.18. The molecule has 0 aliphatic heterocycles. The van der Waals surface area contributed by atoms with Crippen molar-refractivity contribution in [2.45, 2.75) is 19.4 Å². The van der Waals surface area contributed by atoms with E-state index in [4.69, 9.17) is 9.68 Å². The van der Waals surface area contributed by atoms with Gasteiger partial charge in [0.05, 0.1) is 23.9 Å². The number of carbonyl (C=O) groups excluding carboxylic acids is 2. The van der Waals surface area contributed by atoms with Crippen LogP contribution in [-0.2, 0) is 4.79 Å². The van der Waals surface area contributed by atoms with Crippen molar-refractivity contribution in [1.29, 1.82) is 5.26 Å². The van der Waals surface area contributed by atoms with Crippen LogP contribution in [0.5, 0.6) is 0 Å². The number of hydrogen-bond acceptors (Lipinski definition) is 4. The molecule has 2 aromatic rings. The Morgan fingerprint density at radius 2 is 2.00 bits per heavy atom. The number of hydrogen-bond donors (Lipinski definition) is 1. The third kappa shape index (κ3) is 3.41. The monoisotopic (exact) mass is 296 g/mol. The highest BCUT2D eigenvalue weighted by molar-refractivity contribution is 6.12. The highest BCUT2D eigenvalue weighted by atomic mass is 16.3. The molecule has 22 heavy (non-hydrogen) atoms. The summed E-state index contributed by atoms with van der Waals surface area (Å²) in [5.41, 5.74) is 1.15. The number of ketones is 1. The summed E-state index contributed by atoms with van der Waals surface area (Å²) >= 11 is 0. The smallest absolute Gasteiger partial charge is 0.245 e. The quantitative estimate of drug-likeness (QED) is 0.656. The molecule has 0 radical (unpaired) electrons. The summed E-state index contributed by atoms with van der Waals surface area (Å²) < 4.78 is 4.82. The summed E-state index contributed by atoms with van der Waals surface area (Å²) in [6.07, 6.45) is 3.22. The number of amides is 1. The Morgan fingerprint density at radius 3 is 2.55 bits per heavy atom. The van der Waals surface area contributed by atoms with Crippen LogP contribution in [0.4, 0.5) is 0 Å². The Morgan fingerprint density at radius 1 is 1.27 bits per heavy atom. The SMILES string of the molecule is CC[C@@H](NC(=O)[C@H](C#N)C(=O)c1ccoc1)c1ccccc1. The van der Waals surface area contributed by atoms with Gasteiger partial charge >= 0.3 is 0 Å². The highest BCUT2D eigenvalue weighted by Gasteiger charge is 2.29. The van der Waals surface area contributed by atoms with Crippen LogP contribution in [0.2, 0.25) is 0 Å². The molecule has 1 aromatic heterocycles. The number of nitrogens with one attached hydrogen (secondary N) is 1. The first-order chi connectivity index (χ1) is 10.7. The molecule has 0 bridgehead atoms. The molecule has 1 aromatic carbocycles. The molecule has 0 spiro atoms. The molecular formula is C17H16N2O3. The molecule has 1 N–H and O–H groups in total. The Labute approximate surface area is 128 Å². The summed E-state index contributed by atoms with van der Waals surface area (Å²) in [7, 11) is 0. The number of rotatable bonds is 6. The molecule has 2 atom stereocenters. The molecule has 2 rings (SSSR count). The van der Waals surface area contributed by atoms with Crippen LogP contribution < -0.4 is 5.32 Å². The molecule has 0 aliphatic rings. The number of carbonyl (C=O) groups is 2. The number of furan rings is 1. The lowest BCUT2D eigenvalue weighted by Gasteiger charge is -2.18. The minimum Gasteiger partial charge on any atom is -0.472 e. The predicted octanol–water partition coefficient (Wildman–Crippen LogP) is 2.87. The van der Waals surface area contributed by atoms with E-state index in [0.29, 0.717) is 6.42 Å². The Bertz CT molecular complexity index is 672. The number of nitrogens with zero attached hydrogens (tertiary/aromatic N) is 1. The molecule has 5 heteroatoms. The average Bonchev–Trinajstić information content (AvgIpc) is 3.08. The predicted molar refractivity (Wildman–Crippen MR) is 79.8 cm³/mol. The first-order valence-corrected chi connectivity index (χ1v) is 6.98. The van der Waals surface area contributed by atoms with Crippen LogP contribution in [0, 0.1) is 17.2 Å².